The van der Waals surface area contributed by atoms with Gasteiger partial charge in [-0.2, -0.15) is 5.26 Å². The van der Waals surface area contributed by atoms with Crippen LogP contribution < -0.4 is 4.90 Å². The number of carbonyl (C=O) groups excluding carboxylic acids is 1. The highest BCUT2D eigenvalue weighted by atomic mass is 32.2. The van der Waals surface area contributed by atoms with Crippen molar-refractivity contribution in [3.63, 3.8) is 0 Å². The van der Waals surface area contributed by atoms with Crippen LogP contribution in [-0.2, 0) is 4.79 Å². The van der Waals surface area contributed by atoms with Crippen LogP contribution in [0.3, 0.4) is 0 Å². The molecule has 0 unspecified atom stereocenters. The molecule has 1 heterocycles. The number of hydrogen-bond acceptors (Lipinski definition) is 6. The average molecular weight is 282 g/mol. The Morgan fingerprint density at radius 2 is 2.39 bits per heavy atom. The van der Waals surface area contributed by atoms with E-state index >= 15 is 0 Å². The molecule has 1 amide bonds. The lowest BCUT2D eigenvalue weighted by Gasteiger charge is -2.17. The van der Waals surface area contributed by atoms with Crippen molar-refractivity contribution in [3.8, 4) is 6.07 Å². The van der Waals surface area contributed by atoms with E-state index in [0.717, 1.165) is 17.2 Å². The number of amides is 1. The van der Waals surface area contributed by atoms with E-state index in [-0.39, 0.29) is 11.2 Å². The molecule has 1 aliphatic carbocycles. The normalized spacial score (nSPS) is 16.1. The van der Waals surface area contributed by atoms with E-state index in [1.165, 1.54) is 23.1 Å². The zero-order valence-electron chi connectivity index (χ0n) is 10.3. The number of anilines is 1. The fraction of sp³-hybridized carbons (Fsp3) is 0.636. The van der Waals surface area contributed by atoms with Gasteiger partial charge in [0.15, 0.2) is 4.34 Å². The van der Waals surface area contributed by atoms with Crippen molar-refractivity contribution >= 4 is 34.1 Å². The summed E-state index contributed by atoms with van der Waals surface area (Å²) in [6.07, 6.45) is 2.57. The number of thioether (sulfide) groups is 1. The third-order valence-electron chi connectivity index (χ3n) is 2.54. The molecule has 18 heavy (non-hydrogen) atoms. The van der Waals surface area contributed by atoms with Crippen LogP contribution in [0.15, 0.2) is 4.34 Å². The molecule has 5 nitrogen and oxygen atoms in total. The molecule has 0 aromatic carbocycles. The maximum atomic E-state index is 11.9. The van der Waals surface area contributed by atoms with E-state index in [2.05, 4.69) is 16.3 Å². The van der Waals surface area contributed by atoms with Gasteiger partial charge < -0.3 is 0 Å². The molecule has 2 rings (SSSR count). The third-order valence-corrected chi connectivity index (χ3v) is 4.54. The molecule has 1 atom stereocenters. The Balaban J connectivity index is 2.12. The van der Waals surface area contributed by atoms with Gasteiger partial charge in [0.2, 0.25) is 11.0 Å². The van der Waals surface area contributed by atoms with Crippen LogP contribution in [0.4, 0.5) is 5.13 Å². The molecule has 0 bridgehead atoms. The molecular formula is C11H14N4OS2. The summed E-state index contributed by atoms with van der Waals surface area (Å²) in [6.45, 7) is 3.67. The van der Waals surface area contributed by atoms with Crippen LogP contribution in [0.2, 0.25) is 0 Å². The first-order chi connectivity index (χ1) is 8.65. The summed E-state index contributed by atoms with van der Waals surface area (Å²) in [4.78, 5) is 13.6. The molecule has 1 saturated carbocycles. The van der Waals surface area contributed by atoms with Crippen molar-refractivity contribution in [2.45, 2.75) is 48.7 Å². The molecule has 1 aliphatic rings. The smallest absolute Gasteiger partial charge is 0.228 e. The van der Waals surface area contributed by atoms with Crippen LogP contribution in [0, 0.1) is 11.3 Å². The molecule has 1 aromatic rings. The van der Waals surface area contributed by atoms with Crippen LogP contribution in [-0.4, -0.2) is 27.4 Å². The Bertz CT molecular complexity index is 478. The van der Waals surface area contributed by atoms with Crippen LogP contribution in [0.5, 0.6) is 0 Å². The fourth-order valence-corrected chi connectivity index (χ4v) is 3.46. The zero-order chi connectivity index (χ0) is 13.1. The van der Waals surface area contributed by atoms with Crippen molar-refractivity contribution in [3.05, 3.63) is 0 Å². The maximum absolute atomic E-state index is 11.9. The van der Waals surface area contributed by atoms with Gasteiger partial charge in [0.25, 0.3) is 0 Å². The van der Waals surface area contributed by atoms with Crippen molar-refractivity contribution in [1.82, 2.24) is 10.2 Å². The lowest BCUT2D eigenvalue weighted by Crippen LogP contribution is -2.32. The third kappa shape index (κ3) is 3.00. The molecule has 0 N–H and O–H groups in total. The van der Waals surface area contributed by atoms with Crippen molar-refractivity contribution in [1.29, 1.82) is 5.26 Å². The predicted molar refractivity (Wildman–Crippen MR) is 71.6 cm³/mol. The first kappa shape index (κ1) is 13.3. The molecule has 7 heteroatoms. The molecule has 96 valence electrons. The Hall–Kier alpha value is -1.13. The molecule has 0 aliphatic heterocycles. The number of aromatic nitrogens is 2. The van der Waals surface area contributed by atoms with E-state index in [0.29, 0.717) is 17.6 Å². The Labute approximate surface area is 114 Å². The summed E-state index contributed by atoms with van der Waals surface area (Å²) < 4.78 is 0.744. The van der Waals surface area contributed by atoms with Gasteiger partial charge in [0.05, 0.1) is 11.3 Å². The lowest BCUT2D eigenvalue weighted by atomic mass is 10.4. The van der Waals surface area contributed by atoms with Crippen molar-refractivity contribution in [2.75, 3.05) is 4.90 Å². The first-order valence-electron chi connectivity index (χ1n) is 5.87. The Kier molecular flexibility index (Phi) is 4.19. The number of carbonyl (C=O) groups is 1. The number of hydrogen-bond donors (Lipinski definition) is 0. The van der Waals surface area contributed by atoms with Gasteiger partial charge in [-0.15, -0.1) is 10.2 Å². The monoisotopic (exact) mass is 282 g/mol. The van der Waals surface area contributed by atoms with Crippen LogP contribution in [0.25, 0.3) is 0 Å². The minimum absolute atomic E-state index is 0.0959. The van der Waals surface area contributed by atoms with Gasteiger partial charge in [-0.1, -0.05) is 30.0 Å². The van der Waals surface area contributed by atoms with E-state index in [1.807, 2.05) is 13.8 Å². The topological polar surface area (TPSA) is 69.9 Å². The maximum Gasteiger partial charge on any atom is 0.228 e. The van der Waals surface area contributed by atoms with Crippen LogP contribution in [0.1, 0.15) is 33.1 Å². The minimum atomic E-state index is -0.151. The average Bonchev–Trinajstić information content (AvgIpc) is 3.10. The predicted octanol–water partition coefficient (Wildman–Crippen LogP) is 2.45. The molecule has 0 radical (unpaired) electrons. The van der Waals surface area contributed by atoms with Gasteiger partial charge in [0.1, 0.15) is 0 Å². The first-order valence-corrected chi connectivity index (χ1v) is 7.57. The summed E-state index contributed by atoms with van der Waals surface area (Å²) in [5, 5.41) is 17.4. The summed E-state index contributed by atoms with van der Waals surface area (Å²) in [5.74, 6) is 0.0959. The largest absolute Gasteiger partial charge is 0.284 e. The summed E-state index contributed by atoms with van der Waals surface area (Å²) in [6, 6.07) is 2.44. The molecule has 1 fully saturated rings. The summed E-state index contributed by atoms with van der Waals surface area (Å²) >= 11 is 2.77. The Morgan fingerprint density at radius 3 is 2.94 bits per heavy atom. The van der Waals surface area contributed by atoms with Crippen molar-refractivity contribution in [2.24, 2.45) is 0 Å². The number of nitrogens with zero attached hydrogens (tertiary/aromatic N) is 4. The number of rotatable bonds is 5. The molecule has 0 saturated heterocycles. The second-order valence-corrected chi connectivity index (χ2v) is 6.63. The molecule has 0 spiro atoms. The zero-order valence-corrected chi connectivity index (χ0v) is 11.9. The fourth-order valence-electron chi connectivity index (χ4n) is 1.49. The second-order valence-electron chi connectivity index (χ2n) is 4.09. The van der Waals surface area contributed by atoms with E-state index in [1.54, 1.807) is 4.90 Å². The van der Waals surface area contributed by atoms with Crippen LogP contribution >= 0.6 is 23.1 Å². The molecular weight excluding hydrogens is 268 g/mol. The van der Waals surface area contributed by atoms with Gasteiger partial charge in [-0.3, -0.25) is 9.69 Å². The van der Waals surface area contributed by atoms with E-state index < -0.39 is 0 Å². The lowest BCUT2D eigenvalue weighted by molar-refractivity contribution is -0.118. The highest BCUT2D eigenvalue weighted by molar-refractivity contribution is 8.01. The highest BCUT2D eigenvalue weighted by Crippen LogP contribution is 2.36. The summed E-state index contributed by atoms with van der Waals surface area (Å²) in [7, 11) is 0. The SMILES string of the molecule is CCC(=O)N(c1nnc(S[C@@H](C)C#N)s1)C1CC1. The van der Waals surface area contributed by atoms with Gasteiger partial charge in [0, 0.05) is 12.5 Å². The Morgan fingerprint density at radius 1 is 1.67 bits per heavy atom. The number of nitriles is 1. The second kappa shape index (κ2) is 5.67. The minimum Gasteiger partial charge on any atom is -0.284 e. The van der Waals surface area contributed by atoms with Crippen molar-refractivity contribution < 1.29 is 4.79 Å². The van der Waals surface area contributed by atoms with E-state index in [9.17, 15) is 4.79 Å². The van der Waals surface area contributed by atoms with Gasteiger partial charge in [-0.05, 0) is 19.8 Å². The van der Waals surface area contributed by atoms with E-state index in [4.69, 9.17) is 5.26 Å². The quantitative estimate of drug-likeness (QED) is 0.613. The van der Waals surface area contributed by atoms with Gasteiger partial charge >= 0.3 is 0 Å². The highest BCUT2D eigenvalue weighted by Gasteiger charge is 2.35. The summed E-state index contributed by atoms with van der Waals surface area (Å²) in [5.41, 5.74) is 0. The standard InChI is InChI=1S/C11H14N4OS2/c1-3-9(16)15(8-4-5-8)10-13-14-11(18-10)17-7(2)6-12/h7-8H,3-5H2,1-2H3/t7-/m0/s1. The molecule has 1 aromatic heterocycles. The van der Waals surface area contributed by atoms with Gasteiger partial charge in [-0.25, -0.2) is 0 Å².